The molecule has 1 aliphatic heterocycles. The highest BCUT2D eigenvalue weighted by Crippen LogP contribution is 2.25. The summed E-state index contributed by atoms with van der Waals surface area (Å²) < 4.78 is 10.8. The van der Waals surface area contributed by atoms with Crippen molar-refractivity contribution in [1.82, 2.24) is 15.1 Å². The summed E-state index contributed by atoms with van der Waals surface area (Å²) in [6.45, 7) is 4.42. The van der Waals surface area contributed by atoms with E-state index >= 15 is 0 Å². The second kappa shape index (κ2) is 10.4. The molecule has 1 fully saturated rings. The fraction of sp³-hybridized carbons (Fsp3) is 0.409. The van der Waals surface area contributed by atoms with Crippen LogP contribution in [0.1, 0.15) is 11.1 Å². The molecule has 1 N–H and O–H groups in total. The molecule has 0 aliphatic carbocycles. The van der Waals surface area contributed by atoms with Crippen molar-refractivity contribution in [3.05, 3.63) is 58.6 Å². The average molecular weight is 418 g/mol. The number of carbonyl (C=O) groups excluding carboxylic acids is 1. The Bertz CT molecular complexity index is 823. The first-order valence-electron chi connectivity index (χ1n) is 9.79. The highest BCUT2D eigenvalue weighted by molar-refractivity contribution is 6.30. The molecule has 1 aliphatic rings. The van der Waals surface area contributed by atoms with Gasteiger partial charge in [0.25, 0.3) is 0 Å². The number of hydrogen-bond acceptors (Lipinski definition) is 4. The lowest BCUT2D eigenvalue weighted by molar-refractivity contribution is 0.134. The quantitative estimate of drug-likeness (QED) is 0.749. The van der Waals surface area contributed by atoms with Crippen molar-refractivity contribution in [3.63, 3.8) is 0 Å². The molecule has 0 radical (unpaired) electrons. The monoisotopic (exact) mass is 417 g/mol. The summed E-state index contributed by atoms with van der Waals surface area (Å²) in [4.78, 5) is 16.6. The first-order chi connectivity index (χ1) is 14.1. The van der Waals surface area contributed by atoms with Gasteiger partial charge >= 0.3 is 6.03 Å². The number of halogens is 1. The van der Waals surface area contributed by atoms with E-state index in [1.807, 2.05) is 47.4 Å². The Kier molecular flexibility index (Phi) is 7.61. The molecule has 0 atom stereocenters. The predicted octanol–water partition coefficient (Wildman–Crippen LogP) is 3.43. The van der Waals surface area contributed by atoms with Crippen molar-refractivity contribution in [2.45, 2.75) is 13.0 Å². The van der Waals surface area contributed by atoms with Gasteiger partial charge in [0.15, 0.2) is 0 Å². The Balaban J connectivity index is 1.44. The second-order valence-corrected chi connectivity index (χ2v) is 7.49. The van der Waals surface area contributed by atoms with E-state index in [0.717, 1.165) is 53.7 Å². The molecule has 29 heavy (non-hydrogen) atoms. The zero-order chi connectivity index (χ0) is 20.6. The number of nitrogens with zero attached hydrogens (tertiary/aromatic N) is 2. The van der Waals surface area contributed by atoms with Gasteiger partial charge in [-0.05, 0) is 42.3 Å². The number of hydrogen-bond donors (Lipinski definition) is 1. The number of amides is 2. The SMILES string of the molecule is COc1ccc(OC)c(CN2CCN(C(=O)NCCc3cccc(Cl)c3)CC2)c1. The summed E-state index contributed by atoms with van der Waals surface area (Å²) in [5.41, 5.74) is 2.21. The van der Waals surface area contributed by atoms with Gasteiger partial charge in [-0.15, -0.1) is 0 Å². The molecule has 2 amide bonds. The van der Waals surface area contributed by atoms with Crippen LogP contribution in [0.15, 0.2) is 42.5 Å². The van der Waals surface area contributed by atoms with Crippen LogP contribution in [0.3, 0.4) is 0 Å². The minimum atomic E-state index is -0.00867. The number of nitrogens with one attached hydrogen (secondary N) is 1. The van der Waals surface area contributed by atoms with Crippen molar-refractivity contribution in [2.24, 2.45) is 0 Å². The molecule has 0 saturated carbocycles. The number of benzene rings is 2. The first-order valence-corrected chi connectivity index (χ1v) is 10.2. The summed E-state index contributed by atoms with van der Waals surface area (Å²) in [5, 5.41) is 3.73. The van der Waals surface area contributed by atoms with E-state index in [9.17, 15) is 4.79 Å². The molecule has 3 rings (SSSR count). The van der Waals surface area contributed by atoms with E-state index in [1.165, 1.54) is 0 Å². The molecule has 1 saturated heterocycles. The fourth-order valence-corrected chi connectivity index (χ4v) is 3.69. The summed E-state index contributed by atoms with van der Waals surface area (Å²) in [6.07, 6.45) is 0.766. The smallest absolute Gasteiger partial charge is 0.317 e. The van der Waals surface area contributed by atoms with Crippen molar-refractivity contribution < 1.29 is 14.3 Å². The van der Waals surface area contributed by atoms with E-state index in [-0.39, 0.29) is 6.03 Å². The Morgan fingerprint density at radius 3 is 2.55 bits per heavy atom. The maximum absolute atomic E-state index is 12.4. The first kappa shape index (κ1) is 21.3. The Morgan fingerprint density at radius 2 is 1.86 bits per heavy atom. The zero-order valence-corrected chi connectivity index (χ0v) is 17.7. The summed E-state index contributed by atoms with van der Waals surface area (Å²) >= 11 is 6.00. The Labute approximate surface area is 177 Å². The second-order valence-electron chi connectivity index (χ2n) is 7.05. The Morgan fingerprint density at radius 1 is 1.07 bits per heavy atom. The highest BCUT2D eigenvalue weighted by Gasteiger charge is 2.21. The van der Waals surface area contributed by atoms with Crippen LogP contribution in [-0.2, 0) is 13.0 Å². The van der Waals surface area contributed by atoms with Gasteiger partial charge in [-0.25, -0.2) is 4.79 Å². The molecule has 0 bridgehead atoms. The third kappa shape index (κ3) is 6.02. The Hall–Kier alpha value is -2.44. The lowest BCUT2D eigenvalue weighted by Crippen LogP contribution is -2.51. The largest absolute Gasteiger partial charge is 0.497 e. The average Bonchev–Trinajstić information content (AvgIpc) is 2.74. The molecule has 156 valence electrons. The topological polar surface area (TPSA) is 54.0 Å². The third-order valence-electron chi connectivity index (χ3n) is 5.12. The molecule has 0 spiro atoms. The normalized spacial score (nSPS) is 14.5. The van der Waals surface area contributed by atoms with Crippen LogP contribution in [0, 0.1) is 0 Å². The van der Waals surface area contributed by atoms with Crippen molar-refractivity contribution >= 4 is 17.6 Å². The van der Waals surface area contributed by atoms with Gasteiger partial charge in [-0.3, -0.25) is 4.90 Å². The summed E-state index contributed by atoms with van der Waals surface area (Å²) in [5.74, 6) is 1.67. The molecule has 2 aromatic rings. The van der Waals surface area contributed by atoms with Gasteiger partial charge in [0.1, 0.15) is 11.5 Å². The van der Waals surface area contributed by atoms with Gasteiger partial charge in [0.2, 0.25) is 0 Å². The van der Waals surface area contributed by atoms with E-state index in [4.69, 9.17) is 21.1 Å². The van der Waals surface area contributed by atoms with Gasteiger partial charge in [-0.1, -0.05) is 23.7 Å². The minimum absolute atomic E-state index is 0.00867. The van der Waals surface area contributed by atoms with Crippen LogP contribution in [0.2, 0.25) is 5.02 Å². The number of urea groups is 1. The number of rotatable bonds is 7. The van der Waals surface area contributed by atoms with E-state index in [1.54, 1.807) is 14.2 Å². The molecule has 2 aromatic carbocycles. The predicted molar refractivity (Wildman–Crippen MR) is 115 cm³/mol. The van der Waals surface area contributed by atoms with E-state index in [2.05, 4.69) is 10.2 Å². The molecule has 7 heteroatoms. The lowest BCUT2D eigenvalue weighted by atomic mass is 10.1. The number of piperazine rings is 1. The van der Waals surface area contributed by atoms with Crippen LogP contribution < -0.4 is 14.8 Å². The van der Waals surface area contributed by atoms with Crippen LogP contribution in [0.4, 0.5) is 4.79 Å². The summed E-state index contributed by atoms with van der Waals surface area (Å²) in [7, 11) is 3.34. The number of methoxy groups -OCH3 is 2. The van der Waals surface area contributed by atoms with Crippen molar-refractivity contribution in [2.75, 3.05) is 46.9 Å². The van der Waals surface area contributed by atoms with Crippen molar-refractivity contribution in [3.8, 4) is 11.5 Å². The van der Waals surface area contributed by atoms with Gasteiger partial charge < -0.3 is 19.7 Å². The highest BCUT2D eigenvalue weighted by atomic mass is 35.5. The lowest BCUT2D eigenvalue weighted by Gasteiger charge is -2.35. The van der Waals surface area contributed by atoms with E-state index < -0.39 is 0 Å². The fourth-order valence-electron chi connectivity index (χ4n) is 3.47. The molecule has 0 aromatic heterocycles. The number of ether oxygens (including phenoxy) is 2. The van der Waals surface area contributed by atoms with Crippen LogP contribution in [0.25, 0.3) is 0 Å². The summed E-state index contributed by atoms with van der Waals surface area (Å²) in [6, 6.07) is 13.5. The zero-order valence-electron chi connectivity index (χ0n) is 17.0. The third-order valence-corrected chi connectivity index (χ3v) is 5.36. The van der Waals surface area contributed by atoms with Crippen LogP contribution in [0.5, 0.6) is 11.5 Å². The van der Waals surface area contributed by atoms with Crippen molar-refractivity contribution in [1.29, 1.82) is 0 Å². The van der Waals surface area contributed by atoms with Gasteiger partial charge in [-0.2, -0.15) is 0 Å². The van der Waals surface area contributed by atoms with Gasteiger partial charge in [0, 0.05) is 49.9 Å². The molecule has 0 unspecified atom stereocenters. The molecular weight excluding hydrogens is 390 g/mol. The molecule has 1 heterocycles. The maximum atomic E-state index is 12.4. The molecule has 6 nitrogen and oxygen atoms in total. The standard InChI is InChI=1S/C22H28ClN3O3/c1-28-20-6-7-21(29-2)18(15-20)16-25-10-12-26(13-11-25)22(27)24-9-8-17-4-3-5-19(23)14-17/h3-7,14-15H,8-13,16H2,1-2H3,(H,24,27). The maximum Gasteiger partial charge on any atom is 0.317 e. The minimum Gasteiger partial charge on any atom is -0.497 e. The van der Waals surface area contributed by atoms with Crippen LogP contribution >= 0.6 is 11.6 Å². The molecular formula is C22H28ClN3O3. The van der Waals surface area contributed by atoms with Gasteiger partial charge in [0.05, 0.1) is 14.2 Å². The number of carbonyl (C=O) groups is 1. The van der Waals surface area contributed by atoms with Crippen LogP contribution in [-0.4, -0.2) is 62.8 Å². The van der Waals surface area contributed by atoms with E-state index in [0.29, 0.717) is 19.6 Å².